The predicted octanol–water partition coefficient (Wildman–Crippen LogP) is 0.957. The summed E-state index contributed by atoms with van der Waals surface area (Å²) < 4.78 is 10.5. The molecule has 0 radical (unpaired) electrons. The Bertz CT molecular complexity index is 246. The molecule has 0 aliphatic carbocycles. The summed E-state index contributed by atoms with van der Waals surface area (Å²) in [4.78, 5) is 6.64. The van der Waals surface area contributed by atoms with Gasteiger partial charge in [-0.15, -0.1) is 0 Å². The van der Waals surface area contributed by atoms with Gasteiger partial charge >= 0.3 is 0 Å². The van der Waals surface area contributed by atoms with Crippen LogP contribution in [0.25, 0.3) is 0 Å². The first-order valence-electron chi connectivity index (χ1n) is 6.84. The minimum absolute atomic E-state index is 0.636. The molecule has 0 aromatic carbocycles. The fourth-order valence-electron chi connectivity index (χ4n) is 2.25. The summed E-state index contributed by atoms with van der Waals surface area (Å²) >= 11 is 0. The predicted molar refractivity (Wildman–Crippen MR) is 74.0 cm³/mol. The van der Waals surface area contributed by atoms with E-state index in [9.17, 15) is 0 Å². The fraction of sp³-hybridized carbons (Fsp3) is 0.923. The van der Waals surface area contributed by atoms with E-state index in [0.29, 0.717) is 5.92 Å². The second-order valence-electron chi connectivity index (χ2n) is 4.58. The van der Waals surface area contributed by atoms with Crippen LogP contribution in [0.2, 0.25) is 0 Å². The third-order valence-electron chi connectivity index (χ3n) is 3.15. The third kappa shape index (κ3) is 5.23. The first-order chi connectivity index (χ1) is 8.81. The average molecular weight is 257 g/mol. The molecule has 1 aliphatic heterocycles. The quantitative estimate of drug-likeness (QED) is 0.419. The van der Waals surface area contributed by atoms with E-state index >= 15 is 0 Å². The van der Waals surface area contributed by atoms with Crippen molar-refractivity contribution in [3.63, 3.8) is 0 Å². The van der Waals surface area contributed by atoms with Crippen LogP contribution in [-0.2, 0) is 9.47 Å². The second kappa shape index (κ2) is 9.16. The van der Waals surface area contributed by atoms with E-state index in [1.54, 1.807) is 7.11 Å². The summed E-state index contributed by atoms with van der Waals surface area (Å²) in [5, 5.41) is 3.39. The summed E-state index contributed by atoms with van der Waals surface area (Å²) in [6, 6.07) is 0. The maximum absolute atomic E-state index is 5.31. The number of aliphatic imine (C=N–C) groups is 1. The van der Waals surface area contributed by atoms with Gasteiger partial charge in [-0.05, 0) is 19.8 Å². The number of likely N-dealkylation sites (tertiary alicyclic amines) is 1. The summed E-state index contributed by atoms with van der Waals surface area (Å²) in [6.45, 7) is 7.49. The van der Waals surface area contributed by atoms with Crippen LogP contribution in [-0.4, -0.2) is 64.5 Å². The van der Waals surface area contributed by atoms with Crippen molar-refractivity contribution < 1.29 is 9.47 Å². The van der Waals surface area contributed by atoms with Gasteiger partial charge in [0.05, 0.1) is 6.61 Å². The molecule has 1 unspecified atom stereocenters. The van der Waals surface area contributed by atoms with Crippen molar-refractivity contribution in [2.24, 2.45) is 10.9 Å². The van der Waals surface area contributed by atoms with Gasteiger partial charge in [0.2, 0.25) is 0 Å². The van der Waals surface area contributed by atoms with Gasteiger partial charge in [-0.3, -0.25) is 4.99 Å². The number of nitrogens with zero attached hydrogens (tertiary/aromatic N) is 2. The largest absolute Gasteiger partial charge is 0.384 e. The Morgan fingerprint density at radius 3 is 3.00 bits per heavy atom. The highest BCUT2D eigenvalue weighted by Gasteiger charge is 2.24. The topological polar surface area (TPSA) is 46.1 Å². The van der Waals surface area contributed by atoms with E-state index in [-0.39, 0.29) is 0 Å². The highest BCUT2D eigenvalue weighted by atomic mass is 16.5. The van der Waals surface area contributed by atoms with Crippen molar-refractivity contribution in [1.29, 1.82) is 0 Å². The Labute approximate surface area is 111 Å². The smallest absolute Gasteiger partial charge is 0.193 e. The molecule has 1 saturated heterocycles. The van der Waals surface area contributed by atoms with Crippen molar-refractivity contribution in [2.45, 2.75) is 19.8 Å². The zero-order chi connectivity index (χ0) is 13.2. The molecule has 5 heteroatoms. The Hall–Kier alpha value is -0.810. The zero-order valence-corrected chi connectivity index (χ0v) is 11.9. The van der Waals surface area contributed by atoms with E-state index in [0.717, 1.165) is 51.8 Å². The third-order valence-corrected chi connectivity index (χ3v) is 3.15. The molecule has 1 heterocycles. The zero-order valence-electron chi connectivity index (χ0n) is 11.9. The highest BCUT2D eigenvalue weighted by Crippen LogP contribution is 2.16. The normalized spacial score (nSPS) is 20.5. The van der Waals surface area contributed by atoms with E-state index in [1.807, 2.05) is 14.0 Å². The molecule has 18 heavy (non-hydrogen) atoms. The van der Waals surface area contributed by atoms with Crippen LogP contribution in [0.5, 0.6) is 0 Å². The van der Waals surface area contributed by atoms with Crippen molar-refractivity contribution in [3.8, 4) is 0 Å². The molecule has 5 nitrogen and oxygen atoms in total. The number of rotatable bonds is 7. The minimum Gasteiger partial charge on any atom is -0.384 e. The molecule has 1 N–H and O–H groups in total. The molecule has 1 atom stereocenters. The number of ether oxygens (including phenoxy) is 2. The van der Waals surface area contributed by atoms with Crippen molar-refractivity contribution in [1.82, 2.24) is 10.2 Å². The number of hydrogen-bond donors (Lipinski definition) is 1. The van der Waals surface area contributed by atoms with Gasteiger partial charge in [0.15, 0.2) is 5.96 Å². The van der Waals surface area contributed by atoms with Crippen LogP contribution in [0.15, 0.2) is 4.99 Å². The summed E-state index contributed by atoms with van der Waals surface area (Å²) in [7, 11) is 3.61. The van der Waals surface area contributed by atoms with Crippen molar-refractivity contribution in [3.05, 3.63) is 0 Å². The lowest BCUT2D eigenvalue weighted by Gasteiger charge is -2.21. The average Bonchev–Trinajstić information content (AvgIpc) is 2.83. The minimum atomic E-state index is 0.636. The molecule has 0 spiro atoms. The maximum Gasteiger partial charge on any atom is 0.193 e. The van der Waals surface area contributed by atoms with E-state index in [2.05, 4.69) is 15.2 Å². The molecule has 1 fully saturated rings. The summed E-state index contributed by atoms with van der Waals surface area (Å²) in [6.07, 6.45) is 2.20. The van der Waals surface area contributed by atoms with Gasteiger partial charge in [-0.25, -0.2) is 0 Å². The monoisotopic (exact) mass is 257 g/mol. The Morgan fingerprint density at radius 2 is 2.33 bits per heavy atom. The van der Waals surface area contributed by atoms with Crippen molar-refractivity contribution in [2.75, 3.05) is 53.6 Å². The number of guanidine groups is 1. The Balaban J connectivity index is 2.21. The van der Waals surface area contributed by atoms with Crippen molar-refractivity contribution >= 4 is 5.96 Å². The molecular weight excluding hydrogens is 230 g/mol. The molecule has 1 rings (SSSR count). The lowest BCUT2D eigenvalue weighted by atomic mass is 10.1. The van der Waals surface area contributed by atoms with Crippen LogP contribution < -0.4 is 5.32 Å². The molecule has 0 amide bonds. The van der Waals surface area contributed by atoms with E-state index in [4.69, 9.17) is 9.47 Å². The van der Waals surface area contributed by atoms with Gasteiger partial charge in [0.1, 0.15) is 0 Å². The second-order valence-corrected chi connectivity index (χ2v) is 4.58. The molecule has 0 saturated carbocycles. The van der Waals surface area contributed by atoms with Crippen LogP contribution in [0.3, 0.4) is 0 Å². The SMILES string of the molecule is CCOCCCNC(=NC)N1CCC(COC)C1. The maximum atomic E-state index is 5.31. The number of methoxy groups -OCH3 is 1. The van der Waals surface area contributed by atoms with E-state index < -0.39 is 0 Å². The van der Waals surface area contributed by atoms with Crippen LogP contribution in [0.1, 0.15) is 19.8 Å². The van der Waals surface area contributed by atoms with Gasteiger partial charge < -0.3 is 19.7 Å². The first-order valence-corrected chi connectivity index (χ1v) is 6.84. The van der Waals surface area contributed by atoms with Crippen LogP contribution in [0, 0.1) is 5.92 Å². The van der Waals surface area contributed by atoms with Gasteiger partial charge in [0, 0.05) is 52.9 Å². The highest BCUT2D eigenvalue weighted by molar-refractivity contribution is 5.80. The van der Waals surface area contributed by atoms with E-state index in [1.165, 1.54) is 6.42 Å². The van der Waals surface area contributed by atoms with Gasteiger partial charge in [-0.1, -0.05) is 0 Å². The Morgan fingerprint density at radius 1 is 1.50 bits per heavy atom. The molecule has 1 aliphatic rings. The standard InChI is InChI=1S/C13H27N3O2/c1-4-18-9-5-7-15-13(14-2)16-8-6-12(10-16)11-17-3/h12H,4-11H2,1-3H3,(H,14,15). The van der Waals surface area contributed by atoms with Crippen LogP contribution in [0.4, 0.5) is 0 Å². The Kier molecular flexibility index (Phi) is 7.76. The number of hydrogen-bond acceptors (Lipinski definition) is 3. The summed E-state index contributed by atoms with van der Waals surface area (Å²) in [5.74, 6) is 1.64. The fourth-order valence-corrected chi connectivity index (χ4v) is 2.25. The molecule has 0 bridgehead atoms. The van der Waals surface area contributed by atoms with Gasteiger partial charge in [0.25, 0.3) is 0 Å². The first kappa shape index (κ1) is 15.2. The molecule has 0 aromatic heterocycles. The van der Waals surface area contributed by atoms with Crippen LogP contribution >= 0.6 is 0 Å². The summed E-state index contributed by atoms with van der Waals surface area (Å²) in [5.41, 5.74) is 0. The molecular formula is C13H27N3O2. The number of nitrogens with one attached hydrogen (secondary N) is 1. The molecule has 106 valence electrons. The lowest BCUT2D eigenvalue weighted by Crippen LogP contribution is -2.40. The lowest BCUT2D eigenvalue weighted by molar-refractivity contribution is 0.145. The molecule has 0 aromatic rings. The van der Waals surface area contributed by atoms with Gasteiger partial charge in [-0.2, -0.15) is 0 Å².